The fourth-order valence-electron chi connectivity index (χ4n) is 8.66. The van der Waals surface area contributed by atoms with Gasteiger partial charge in [-0.15, -0.1) is 0 Å². The molecule has 24 heavy (non-hydrogen) atoms. The van der Waals surface area contributed by atoms with Gasteiger partial charge in [-0.2, -0.15) is 0 Å². The van der Waals surface area contributed by atoms with Crippen molar-refractivity contribution in [2.75, 3.05) is 0 Å². The number of ether oxygens (including phenoxy) is 1. The van der Waals surface area contributed by atoms with Crippen LogP contribution in [0.15, 0.2) is 0 Å². The molecule has 1 saturated heterocycles. The first-order chi connectivity index (χ1) is 11.0. The first-order valence-electron chi connectivity index (χ1n) is 9.82. The second-order valence-corrected chi connectivity index (χ2v) is 10.5. The van der Waals surface area contributed by atoms with Crippen LogP contribution in [0.2, 0.25) is 0 Å². The largest absolute Gasteiger partial charge is 0.389 e. The molecule has 136 valence electrons. The van der Waals surface area contributed by atoms with Crippen LogP contribution in [-0.2, 0) is 4.74 Å². The van der Waals surface area contributed by atoms with Gasteiger partial charge in [-0.1, -0.05) is 34.6 Å². The quantitative estimate of drug-likeness (QED) is 0.687. The van der Waals surface area contributed by atoms with Crippen LogP contribution in [0.5, 0.6) is 0 Å². The van der Waals surface area contributed by atoms with Gasteiger partial charge in [-0.25, -0.2) is 0 Å². The van der Waals surface area contributed by atoms with E-state index in [0.29, 0.717) is 18.3 Å². The van der Waals surface area contributed by atoms with E-state index >= 15 is 0 Å². The molecule has 10 atom stereocenters. The lowest BCUT2D eigenvalue weighted by atomic mass is 9.41. The third-order valence-electron chi connectivity index (χ3n) is 9.80. The molecule has 5 fully saturated rings. The Kier molecular flexibility index (Phi) is 2.61. The maximum Gasteiger partial charge on any atom is 0.175 e. The van der Waals surface area contributed by atoms with Crippen molar-refractivity contribution >= 4 is 0 Å². The first-order valence-corrected chi connectivity index (χ1v) is 9.82. The summed E-state index contributed by atoms with van der Waals surface area (Å²) in [6, 6.07) is 0. The molecule has 5 rings (SSSR count). The molecule has 4 saturated carbocycles. The summed E-state index contributed by atoms with van der Waals surface area (Å²) in [5.41, 5.74) is -2.99. The lowest BCUT2D eigenvalue weighted by molar-refractivity contribution is -0.301. The average molecular weight is 336 g/mol. The summed E-state index contributed by atoms with van der Waals surface area (Å²) in [5.74, 6) is -0.516. The maximum absolute atomic E-state index is 12.1. The van der Waals surface area contributed by atoms with E-state index in [2.05, 4.69) is 34.6 Å². The zero-order valence-electron chi connectivity index (χ0n) is 15.5. The standard InChI is InChI=1S/C20H32O4/c1-10(2)12-8-13-16(4)9-19(22)17(12,5)20(13,23)15(24-19)14-11(3)6-7-18(14,16)21/h10-15,21-23H,6-9H2,1-5H3/t11-,12?,13+,14+,15-,16-,17-,18-,19?,20?/m1/s1. The zero-order chi connectivity index (χ0) is 17.5. The summed E-state index contributed by atoms with van der Waals surface area (Å²) in [7, 11) is 0. The minimum atomic E-state index is -1.33. The van der Waals surface area contributed by atoms with Crippen molar-refractivity contribution in [3.05, 3.63) is 0 Å². The summed E-state index contributed by atoms with van der Waals surface area (Å²) in [4.78, 5) is 0. The Morgan fingerprint density at radius 3 is 2.42 bits per heavy atom. The van der Waals surface area contributed by atoms with Gasteiger partial charge in [0, 0.05) is 17.8 Å². The predicted octanol–water partition coefficient (Wildman–Crippen LogP) is 2.30. The van der Waals surface area contributed by atoms with Gasteiger partial charge in [0.1, 0.15) is 5.60 Å². The maximum atomic E-state index is 12.1. The number of fused-ring (bicyclic) bond motifs is 3. The molecule has 0 amide bonds. The molecule has 0 aromatic rings. The van der Waals surface area contributed by atoms with Crippen LogP contribution < -0.4 is 0 Å². The summed E-state index contributed by atoms with van der Waals surface area (Å²) in [6.45, 7) is 10.7. The van der Waals surface area contributed by atoms with Crippen molar-refractivity contribution in [1.29, 1.82) is 0 Å². The molecular weight excluding hydrogens is 304 g/mol. The third kappa shape index (κ3) is 1.18. The molecule has 1 heterocycles. The second-order valence-electron chi connectivity index (χ2n) is 10.5. The monoisotopic (exact) mass is 336 g/mol. The van der Waals surface area contributed by atoms with Gasteiger partial charge in [0.2, 0.25) is 0 Å². The molecule has 0 aromatic carbocycles. The van der Waals surface area contributed by atoms with E-state index in [-0.39, 0.29) is 17.8 Å². The van der Waals surface area contributed by atoms with Gasteiger partial charge in [0.25, 0.3) is 0 Å². The van der Waals surface area contributed by atoms with E-state index in [1.54, 1.807) is 0 Å². The lowest BCUT2D eigenvalue weighted by Gasteiger charge is -2.64. The smallest absolute Gasteiger partial charge is 0.175 e. The second kappa shape index (κ2) is 3.90. The van der Waals surface area contributed by atoms with Crippen molar-refractivity contribution in [2.24, 2.45) is 40.4 Å². The van der Waals surface area contributed by atoms with Gasteiger partial charge >= 0.3 is 0 Å². The van der Waals surface area contributed by atoms with Crippen molar-refractivity contribution in [2.45, 2.75) is 83.4 Å². The molecule has 4 nitrogen and oxygen atoms in total. The number of aliphatic hydroxyl groups is 3. The molecule has 1 aliphatic heterocycles. The van der Waals surface area contributed by atoms with Crippen molar-refractivity contribution < 1.29 is 20.1 Å². The molecule has 0 radical (unpaired) electrons. The molecule has 3 N–H and O–H groups in total. The predicted molar refractivity (Wildman–Crippen MR) is 88.9 cm³/mol. The SMILES string of the molecule is CC(C)C1C[C@@H]2C3(O)[C@@H]4OC(O)(C[C@@]2(C)[C@@]2(O)CC[C@@H](C)[C@@H]42)[C@@]13C. The Labute approximate surface area is 144 Å². The molecule has 4 aliphatic carbocycles. The fraction of sp³-hybridized carbons (Fsp3) is 1.00. The van der Waals surface area contributed by atoms with Gasteiger partial charge in [-0.05, 0) is 42.9 Å². The lowest BCUT2D eigenvalue weighted by Crippen LogP contribution is -2.75. The highest BCUT2D eigenvalue weighted by molar-refractivity contribution is 5.37. The normalized spacial score (nSPS) is 69.6. The van der Waals surface area contributed by atoms with Crippen LogP contribution in [0, 0.1) is 40.4 Å². The van der Waals surface area contributed by atoms with Gasteiger partial charge in [0.15, 0.2) is 5.79 Å². The van der Waals surface area contributed by atoms with Crippen LogP contribution in [0.1, 0.15) is 60.3 Å². The number of hydrogen-bond acceptors (Lipinski definition) is 4. The fourth-order valence-corrected chi connectivity index (χ4v) is 8.66. The van der Waals surface area contributed by atoms with Crippen LogP contribution in [-0.4, -0.2) is 38.4 Å². The number of rotatable bonds is 1. The van der Waals surface area contributed by atoms with Gasteiger partial charge in [0.05, 0.1) is 17.1 Å². The van der Waals surface area contributed by atoms with E-state index in [1.807, 2.05) is 0 Å². The summed E-state index contributed by atoms with van der Waals surface area (Å²) < 4.78 is 6.34. The Morgan fingerprint density at radius 2 is 1.79 bits per heavy atom. The van der Waals surface area contributed by atoms with Crippen LogP contribution >= 0.6 is 0 Å². The van der Waals surface area contributed by atoms with E-state index in [4.69, 9.17) is 4.74 Å². The van der Waals surface area contributed by atoms with Gasteiger partial charge in [-0.3, -0.25) is 0 Å². The van der Waals surface area contributed by atoms with E-state index in [9.17, 15) is 15.3 Å². The highest BCUT2D eigenvalue weighted by Gasteiger charge is 2.91. The molecule has 0 aromatic heterocycles. The van der Waals surface area contributed by atoms with Crippen molar-refractivity contribution in [3.63, 3.8) is 0 Å². The third-order valence-corrected chi connectivity index (χ3v) is 9.80. The molecule has 3 unspecified atom stereocenters. The highest BCUT2D eigenvalue weighted by atomic mass is 16.7. The van der Waals surface area contributed by atoms with Crippen LogP contribution in [0.3, 0.4) is 0 Å². The highest BCUT2D eigenvalue weighted by Crippen LogP contribution is 2.83. The van der Waals surface area contributed by atoms with E-state index in [1.165, 1.54) is 0 Å². The minimum Gasteiger partial charge on any atom is -0.389 e. The Bertz CT molecular complexity index is 621. The number of hydrogen-bond donors (Lipinski definition) is 3. The molecule has 0 spiro atoms. The Morgan fingerprint density at radius 1 is 1.12 bits per heavy atom. The van der Waals surface area contributed by atoms with Crippen LogP contribution in [0.25, 0.3) is 0 Å². The van der Waals surface area contributed by atoms with Gasteiger partial charge < -0.3 is 20.1 Å². The summed E-state index contributed by atoms with van der Waals surface area (Å²) in [6.07, 6.45) is 2.62. The topological polar surface area (TPSA) is 69.9 Å². The molecule has 5 aliphatic rings. The first kappa shape index (κ1) is 16.0. The summed E-state index contributed by atoms with van der Waals surface area (Å²) in [5, 5.41) is 35.6. The van der Waals surface area contributed by atoms with Crippen molar-refractivity contribution in [3.8, 4) is 0 Å². The molecule has 5 bridgehead atoms. The Hall–Kier alpha value is -0.160. The van der Waals surface area contributed by atoms with E-state index in [0.717, 1.165) is 19.3 Å². The van der Waals surface area contributed by atoms with Crippen molar-refractivity contribution in [1.82, 2.24) is 0 Å². The Balaban J connectivity index is 1.80. The van der Waals surface area contributed by atoms with Crippen LogP contribution in [0.4, 0.5) is 0 Å². The molecular formula is C20H32O4. The van der Waals surface area contributed by atoms with E-state index < -0.39 is 33.9 Å². The minimum absolute atomic E-state index is 0.00160. The zero-order valence-corrected chi connectivity index (χ0v) is 15.5. The average Bonchev–Trinajstić information content (AvgIpc) is 2.90. The molecule has 4 heteroatoms. The summed E-state index contributed by atoms with van der Waals surface area (Å²) >= 11 is 0.